The number of halogens is 1. The number of likely N-dealkylation sites (tertiary alicyclic amines) is 1. The number of piperidine rings is 1. The van der Waals surface area contributed by atoms with E-state index >= 15 is 0 Å². The number of ether oxygens (including phenoxy) is 2. The number of hydrogen-bond donors (Lipinski definition) is 1. The second kappa shape index (κ2) is 11.2. The van der Waals surface area contributed by atoms with Crippen molar-refractivity contribution in [2.75, 3.05) is 20.8 Å². The highest BCUT2D eigenvalue weighted by molar-refractivity contribution is 9.11. The van der Waals surface area contributed by atoms with Gasteiger partial charge in [-0.2, -0.15) is 0 Å². The summed E-state index contributed by atoms with van der Waals surface area (Å²) in [7, 11) is 3.04. The lowest BCUT2D eigenvalue weighted by Gasteiger charge is -2.40. The summed E-state index contributed by atoms with van der Waals surface area (Å²) in [4.78, 5) is 27.7. The molecule has 0 saturated carbocycles. The number of thiophene rings is 1. The van der Waals surface area contributed by atoms with Crippen molar-refractivity contribution < 1.29 is 24.2 Å². The summed E-state index contributed by atoms with van der Waals surface area (Å²) in [5.74, 6) is 0.804. The summed E-state index contributed by atoms with van der Waals surface area (Å²) >= 11 is 5.43. The highest BCUT2D eigenvalue weighted by atomic mass is 79.9. The number of esters is 1. The second-order valence-electron chi connectivity index (χ2n) is 9.99. The molecule has 0 spiro atoms. The van der Waals surface area contributed by atoms with Gasteiger partial charge in [-0.3, -0.25) is 9.47 Å². The molecule has 1 aliphatic heterocycles. The SMILES string of the molecule is COC(=O)c1ccc([C@@H]2CC(c3cc(Br)sc3C)CCN2Cc2c(OC)cc(C)c3c2ccn3C(=O)O)cc1. The predicted octanol–water partition coefficient (Wildman–Crippen LogP) is 7.52. The molecule has 0 bridgehead atoms. The Balaban J connectivity index is 1.55. The highest BCUT2D eigenvalue weighted by Crippen LogP contribution is 2.44. The van der Waals surface area contributed by atoms with Crippen molar-refractivity contribution in [1.82, 2.24) is 9.47 Å². The van der Waals surface area contributed by atoms with Crippen LogP contribution in [0.25, 0.3) is 10.9 Å². The van der Waals surface area contributed by atoms with Crippen LogP contribution in [0.5, 0.6) is 5.75 Å². The number of nitrogens with zero attached hydrogens (tertiary/aromatic N) is 2. The number of rotatable bonds is 6. The van der Waals surface area contributed by atoms with E-state index in [-0.39, 0.29) is 12.0 Å². The summed E-state index contributed by atoms with van der Waals surface area (Å²) in [5, 5.41) is 10.6. The zero-order valence-electron chi connectivity index (χ0n) is 22.4. The molecule has 4 aromatic rings. The Kier molecular flexibility index (Phi) is 7.84. The van der Waals surface area contributed by atoms with Gasteiger partial charge < -0.3 is 14.6 Å². The van der Waals surface area contributed by atoms with E-state index in [2.05, 4.69) is 33.8 Å². The Labute approximate surface area is 240 Å². The minimum absolute atomic E-state index is 0.0936. The summed E-state index contributed by atoms with van der Waals surface area (Å²) in [6.07, 6.45) is 2.53. The summed E-state index contributed by atoms with van der Waals surface area (Å²) in [5.41, 5.74) is 5.55. The van der Waals surface area contributed by atoms with Gasteiger partial charge in [0.1, 0.15) is 5.75 Å². The first-order chi connectivity index (χ1) is 18.7. The maximum Gasteiger partial charge on any atom is 0.416 e. The Morgan fingerprint density at radius 2 is 1.87 bits per heavy atom. The smallest absolute Gasteiger partial charge is 0.416 e. The van der Waals surface area contributed by atoms with Gasteiger partial charge in [0.05, 0.1) is 29.1 Å². The second-order valence-corrected chi connectivity index (χ2v) is 12.6. The fraction of sp³-hybridized carbons (Fsp3) is 0.333. The first-order valence-corrected chi connectivity index (χ1v) is 14.4. The van der Waals surface area contributed by atoms with Crippen molar-refractivity contribution in [3.63, 3.8) is 0 Å². The monoisotopic (exact) mass is 610 g/mol. The first-order valence-electron chi connectivity index (χ1n) is 12.8. The average molecular weight is 612 g/mol. The van der Waals surface area contributed by atoms with Crippen LogP contribution in [0.4, 0.5) is 4.79 Å². The van der Waals surface area contributed by atoms with Crippen LogP contribution in [0.15, 0.2) is 52.4 Å². The molecule has 9 heteroatoms. The molecule has 7 nitrogen and oxygen atoms in total. The number of carbonyl (C=O) groups excluding carboxylic acids is 1. The molecule has 1 saturated heterocycles. The number of benzene rings is 2. The Morgan fingerprint density at radius 1 is 1.13 bits per heavy atom. The standard InChI is InChI=1S/C30H31BrN2O5S/c1-17-13-26(37-3)24(22-10-12-33(28(17)22)30(35)36)16-32-11-9-21(23-15-27(31)39-18(23)2)14-25(32)19-5-7-20(8-6-19)29(34)38-4/h5-8,10,12-13,15,21,25H,9,11,14,16H2,1-4H3,(H,35,36)/t21?,25-/m0/s1. The molecule has 1 aliphatic rings. The van der Waals surface area contributed by atoms with Gasteiger partial charge in [0.2, 0.25) is 0 Å². The lowest BCUT2D eigenvalue weighted by Crippen LogP contribution is -2.36. The maximum atomic E-state index is 12.1. The maximum absolute atomic E-state index is 12.1. The topological polar surface area (TPSA) is 81.0 Å². The van der Waals surface area contributed by atoms with Gasteiger partial charge in [-0.05, 0) is 102 Å². The number of carboxylic acid groups (broad SMARTS) is 1. The molecular weight excluding hydrogens is 580 g/mol. The van der Waals surface area contributed by atoms with Crippen molar-refractivity contribution in [2.24, 2.45) is 0 Å². The van der Waals surface area contributed by atoms with Gasteiger partial charge in [-0.1, -0.05) is 12.1 Å². The Bertz CT molecular complexity index is 1540. The van der Waals surface area contributed by atoms with Gasteiger partial charge >= 0.3 is 12.1 Å². The van der Waals surface area contributed by atoms with Crippen molar-refractivity contribution in [1.29, 1.82) is 0 Å². The van der Waals surface area contributed by atoms with Crippen molar-refractivity contribution in [3.05, 3.63) is 85.1 Å². The van der Waals surface area contributed by atoms with Crippen LogP contribution in [0.3, 0.4) is 0 Å². The number of methoxy groups -OCH3 is 2. The fourth-order valence-corrected chi connectivity index (χ4v) is 7.72. The number of aromatic nitrogens is 1. The van der Waals surface area contributed by atoms with E-state index in [1.165, 1.54) is 22.1 Å². The normalized spacial score (nSPS) is 17.9. The molecule has 1 unspecified atom stereocenters. The summed E-state index contributed by atoms with van der Waals surface area (Å²) in [6.45, 7) is 5.55. The minimum Gasteiger partial charge on any atom is -0.496 e. The van der Waals surface area contributed by atoms with Crippen LogP contribution in [0.2, 0.25) is 0 Å². The third kappa shape index (κ3) is 5.23. The molecule has 1 N–H and O–H groups in total. The van der Waals surface area contributed by atoms with Gasteiger partial charge in [-0.15, -0.1) is 11.3 Å². The number of hydrogen-bond acceptors (Lipinski definition) is 6. The molecule has 0 radical (unpaired) electrons. The van der Waals surface area contributed by atoms with E-state index in [9.17, 15) is 14.7 Å². The fourth-order valence-electron chi connectivity index (χ4n) is 5.93. The third-order valence-electron chi connectivity index (χ3n) is 7.81. The first kappa shape index (κ1) is 27.4. The number of fused-ring (bicyclic) bond motifs is 1. The van der Waals surface area contributed by atoms with Crippen LogP contribution in [0.1, 0.15) is 62.3 Å². The molecule has 3 heterocycles. The number of aryl methyl sites for hydroxylation is 2. The van der Waals surface area contributed by atoms with E-state index in [0.29, 0.717) is 23.5 Å². The van der Waals surface area contributed by atoms with Crippen molar-refractivity contribution in [2.45, 2.75) is 45.2 Å². The van der Waals surface area contributed by atoms with Crippen molar-refractivity contribution in [3.8, 4) is 5.75 Å². The molecule has 204 valence electrons. The van der Waals surface area contributed by atoms with E-state index < -0.39 is 6.09 Å². The predicted molar refractivity (Wildman–Crippen MR) is 156 cm³/mol. The largest absolute Gasteiger partial charge is 0.496 e. The Morgan fingerprint density at radius 3 is 2.49 bits per heavy atom. The van der Waals surface area contributed by atoms with Gasteiger partial charge in [0, 0.05) is 34.6 Å². The minimum atomic E-state index is -1.01. The van der Waals surface area contributed by atoms with Crippen LogP contribution in [-0.4, -0.2) is 47.4 Å². The van der Waals surface area contributed by atoms with E-state index in [0.717, 1.165) is 51.0 Å². The van der Waals surface area contributed by atoms with E-state index in [1.807, 2.05) is 43.3 Å². The molecule has 5 rings (SSSR count). The van der Waals surface area contributed by atoms with Crippen molar-refractivity contribution >= 4 is 50.2 Å². The zero-order chi connectivity index (χ0) is 27.8. The molecular formula is C30H31BrN2O5S. The van der Waals surface area contributed by atoms with E-state index in [1.54, 1.807) is 24.6 Å². The van der Waals surface area contributed by atoms with Gasteiger partial charge in [0.25, 0.3) is 0 Å². The molecule has 2 atom stereocenters. The van der Waals surface area contributed by atoms with E-state index in [4.69, 9.17) is 9.47 Å². The third-order valence-corrected chi connectivity index (χ3v) is 9.38. The number of carbonyl (C=O) groups is 2. The zero-order valence-corrected chi connectivity index (χ0v) is 24.8. The van der Waals surface area contributed by atoms with Crippen LogP contribution in [-0.2, 0) is 11.3 Å². The lowest BCUT2D eigenvalue weighted by atomic mass is 9.82. The van der Waals surface area contributed by atoms with Gasteiger partial charge in [0.15, 0.2) is 0 Å². The summed E-state index contributed by atoms with van der Waals surface area (Å²) < 4.78 is 13.1. The molecule has 0 aliphatic carbocycles. The van der Waals surface area contributed by atoms with Gasteiger partial charge in [-0.25, -0.2) is 9.59 Å². The summed E-state index contributed by atoms with van der Waals surface area (Å²) in [6, 6.07) is 13.8. The average Bonchev–Trinajstić information content (AvgIpc) is 3.53. The molecule has 1 fully saturated rings. The van der Waals surface area contributed by atoms with Crippen LogP contribution >= 0.6 is 27.3 Å². The molecule has 2 aromatic carbocycles. The quantitative estimate of drug-likeness (QED) is 0.227. The lowest BCUT2D eigenvalue weighted by molar-refractivity contribution is 0.0600. The van der Waals surface area contributed by atoms with Crippen LogP contribution in [0, 0.1) is 13.8 Å². The molecule has 0 amide bonds. The molecule has 2 aromatic heterocycles. The molecule has 39 heavy (non-hydrogen) atoms. The van der Waals surface area contributed by atoms with Crippen LogP contribution < -0.4 is 4.74 Å². The highest BCUT2D eigenvalue weighted by Gasteiger charge is 2.33. The Hall–Kier alpha value is -3.14.